The molecule has 6 nitrogen and oxygen atoms in total. The molecule has 0 fully saturated rings. The zero-order valence-electron chi connectivity index (χ0n) is 13.0. The molecule has 21 heavy (non-hydrogen) atoms. The molecule has 0 saturated heterocycles. The van der Waals surface area contributed by atoms with E-state index in [4.69, 9.17) is 14.2 Å². The van der Waals surface area contributed by atoms with Crippen molar-refractivity contribution in [3.8, 4) is 5.88 Å². The van der Waals surface area contributed by atoms with Crippen LogP contribution in [0.5, 0.6) is 5.88 Å². The smallest absolute Gasteiger partial charge is 0.218 e. The van der Waals surface area contributed by atoms with Crippen molar-refractivity contribution >= 4 is 0 Å². The van der Waals surface area contributed by atoms with E-state index in [0.717, 1.165) is 5.56 Å². The Balaban J connectivity index is 2.28. The monoisotopic (exact) mass is 298 g/mol. The molecule has 1 aromatic heterocycles. The summed E-state index contributed by atoms with van der Waals surface area (Å²) in [4.78, 5) is 4.22. The molecule has 0 aliphatic heterocycles. The molecule has 0 spiro atoms. The topological polar surface area (TPSA) is 72.8 Å². The molecule has 2 N–H and O–H groups in total. The molecule has 1 aromatic rings. The average Bonchev–Trinajstić information content (AvgIpc) is 2.45. The number of aromatic nitrogens is 1. The maximum Gasteiger partial charge on any atom is 0.218 e. The van der Waals surface area contributed by atoms with E-state index >= 15 is 0 Å². The lowest BCUT2D eigenvalue weighted by Crippen LogP contribution is -2.30. The number of nitrogens with one attached hydrogen (secondary N) is 1. The van der Waals surface area contributed by atoms with Crippen molar-refractivity contribution < 1.29 is 19.3 Å². The van der Waals surface area contributed by atoms with Crippen molar-refractivity contribution in [3.05, 3.63) is 23.9 Å². The molecule has 6 heteroatoms. The molecule has 0 radical (unpaired) electrons. The number of hydrogen-bond donors (Lipinski definition) is 2. The van der Waals surface area contributed by atoms with E-state index < -0.39 is 6.10 Å². The number of nitrogens with zero attached hydrogens (tertiary/aromatic N) is 1. The minimum Gasteiger partial charge on any atom is -0.475 e. The van der Waals surface area contributed by atoms with E-state index in [-0.39, 0.29) is 6.10 Å². The van der Waals surface area contributed by atoms with Gasteiger partial charge >= 0.3 is 0 Å². The predicted octanol–water partition coefficient (Wildman–Crippen LogP) is 0.982. The third kappa shape index (κ3) is 7.96. The lowest BCUT2D eigenvalue weighted by atomic mass is 10.2. The van der Waals surface area contributed by atoms with Gasteiger partial charge in [0.15, 0.2) is 0 Å². The first-order valence-corrected chi connectivity index (χ1v) is 7.19. The van der Waals surface area contributed by atoms with E-state index in [1.54, 1.807) is 13.3 Å². The van der Waals surface area contributed by atoms with Crippen LogP contribution in [0.15, 0.2) is 18.3 Å². The molecule has 0 aliphatic rings. The van der Waals surface area contributed by atoms with Crippen molar-refractivity contribution in [2.45, 2.75) is 32.6 Å². The van der Waals surface area contributed by atoms with Crippen LogP contribution >= 0.6 is 0 Å². The standard InChI is InChI=1S/C15H26N2O4/c1-12(2)21-15-13(5-4-6-17-15)9-16-10-14(18)11-20-8-7-19-3/h4-6,12,14,16,18H,7-11H2,1-3H3. The average molecular weight is 298 g/mol. The van der Waals surface area contributed by atoms with Crippen LogP contribution in [0.4, 0.5) is 0 Å². The third-order valence-electron chi connectivity index (χ3n) is 2.63. The zero-order valence-corrected chi connectivity index (χ0v) is 13.0. The second-order valence-electron chi connectivity index (χ2n) is 4.99. The number of aliphatic hydroxyl groups excluding tert-OH is 1. The van der Waals surface area contributed by atoms with Gasteiger partial charge in [-0.1, -0.05) is 6.07 Å². The van der Waals surface area contributed by atoms with Gasteiger partial charge in [0.25, 0.3) is 0 Å². The summed E-state index contributed by atoms with van der Waals surface area (Å²) in [5, 5.41) is 12.9. The number of hydrogen-bond acceptors (Lipinski definition) is 6. The van der Waals surface area contributed by atoms with Gasteiger partial charge in [-0.15, -0.1) is 0 Å². The minimum absolute atomic E-state index is 0.0819. The fourth-order valence-electron chi connectivity index (χ4n) is 1.68. The van der Waals surface area contributed by atoms with Gasteiger partial charge in [0, 0.05) is 32.0 Å². The van der Waals surface area contributed by atoms with E-state index in [0.29, 0.717) is 38.8 Å². The first-order valence-electron chi connectivity index (χ1n) is 7.19. The summed E-state index contributed by atoms with van der Waals surface area (Å²) in [6.07, 6.45) is 1.24. The van der Waals surface area contributed by atoms with Gasteiger partial charge in [0.2, 0.25) is 5.88 Å². The van der Waals surface area contributed by atoms with Crippen molar-refractivity contribution in [1.82, 2.24) is 10.3 Å². The van der Waals surface area contributed by atoms with Crippen molar-refractivity contribution in [2.24, 2.45) is 0 Å². The molecule has 0 aliphatic carbocycles. The molecule has 0 amide bonds. The minimum atomic E-state index is -0.548. The normalized spacial score (nSPS) is 12.6. The Labute approximate surface area is 126 Å². The Hall–Kier alpha value is -1.21. The predicted molar refractivity (Wildman–Crippen MR) is 80.4 cm³/mol. The van der Waals surface area contributed by atoms with Crippen molar-refractivity contribution in [2.75, 3.05) is 33.5 Å². The molecule has 0 bridgehead atoms. The molecular formula is C15H26N2O4. The lowest BCUT2D eigenvalue weighted by Gasteiger charge is -2.15. The largest absolute Gasteiger partial charge is 0.475 e. The summed E-state index contributed by atoms with van der Waals surface area (Å²) in [5.41, 5.74) is 0.971. The first-order chi connectivity index (χ1) is 10.1. The summed E-state index contributed by atoms with van der Waals surface area (Å²) in [5.74, 6) is 0.630. The summed E-state index contributed by atoms with van der Waals surface area (Å²) < 4.78 is 15.8. The number of rotatable bonds is 11. The number of methoxy groups -OCH3 is 1. The maximum atomic E-state index is 9.77. The Morgan fingerprint density at radius 1 is 1.33 bits per heavy atom. The van der Waals surface area contributed by atoms with E-state index in [1.807, 2.05) is 26.0 Å². The highest BCUT2D eigenvalue weighted by Crippen LogP contribution is 2.15. The molecule has 1 atom stereocenters. The fraction of sp³-hybridized carbons (Fsp3) is 0.667. The molecular weight excluding hydrogens is 272 g/mol. The Kier molecular flexibility index (Phi) is 8.93. The molecule has 0 aromatic carbocycles. The van der Waals surface area contributed by atoms with Crippen LogP contribution in [0.2, 0.25) is 0 Å². The number of ether oxygens (including phenoxy) is 3. The van der Waals surface area contributed by atoms with Crippen LogP contribution in [0.3, 0.4) is 0 Å². The van der Waals surface area contributed by atoms with Crippen LogP contribution in [0, 0.1) is 0 Å². The Bertz CT molecular complexity index is 388. The first kappa shape index (κ1) is 17.8. The van der Waals surface area contributed by atoms with Crippen molar-refractivity contribution in [3.63, 3.8) is 0 Å². The highest BCUT2D eigenvalue weighted by atomic mass is 16.5. The van der Waals surface area contributed by atoms with Gasteiger partial charge < -0.3 is 24.6 Å². The van der Waals surface area contributed by atoms with E-state index in [2.05, 4.69) is 10.3 Å². The zero-order chi connectivity index (χ0) is 15.5. The van der Waals surface area contributed by atoms with Crippen LogP contribution in [-0.4, -0.2) is 55.8 Å². The SMILES string of the molecule is COCCOCC(O)CNCc1cccnc1OC(C)C. The fourth-order valence-corrected chi connectivity index (χ4v) is 1.68. The Morgan fingerprint density at radius 3 is 2.86 bits per heavy atom. The molecule has 120 valence electrons. The van der Waals surface area contributed by atoms with Crippen LogP contribution in [0.25, 0.3) is 0 Å². The van der Waals surface area contributed by atoms with Gasteiger partial charge in [-0.05, 0) is 19.9 Å². The molecule has 1 unspecified atom stereocenters. The van der Waals surface area contributed by atoms with Crippen LogP contribution < -0.4 is 10.1 Å². The summed E-state index contributed by atoms with van der Waals surface area (Å²) >= 11 is 0. The summed E-state index contributed by atoms with van der Waals surface area (Å²) in [6, 6.07) is 3.83. The second kappa shape index (κ2) is 10.5. The second-order valence-corrected chi connectivity index (χ2v) is 4.99. The Morgan fingerprint density at radius 2 is 2.14 bits per heavy atom. The quantitative estimate of drug-likeness (QED) is 0.593. The van der Waals surface area contributed by atoms with Gasteiger partial charge in [-0.3, -0.25) is 0 Å². The molecule has 1 heterocycles. The maximum absolute atomic E-state index is 9.77. The van der Waals surface area contributed by atoms with Gasteiger partial charge in [-0.25, -0.2) is 4.98 Å². The number of aliphatic hydroxyl groups is 1. The molecule has 1 rings (SSSR count). The van der Waals surface area contributed by atoms with Crippen LogP contribution in [-0.2, 0) is 16.0 Å². The summed E-state index contributed by atoms with van der Waals surface area (Å²) in [6.45, 7) is 6.28. The van der Waals surface area contributed by atoms with E-state index in [1.165, 1.54) is 0 Å². The van der Waals surface area contributed by atoms with Gasteiger partial charge in [-0.2, -0.15) is 0 Å². The molecule has 0 saturated carbocycles. The van der Waals surface area contributed by atoms with E-state index in [9.17, 15) is 5.11 Å². The van der Waals surface area contributed by atoms with Gasteiger partial charge in [0.05, 0.1) is 32.0 Å². The van der Waals surface area contributed by atoms with Gasteiger partial charge in [0.1, 0.15) is 0 Å². The van der Waals surface area contributed by atoms with Crippen molar-refractivity contribution in [1.29, 1.82) is 0 Å². The third-order valence-corrected chi connectivity index (χ3v) is 2.63. The van der Waals surface area contributed by atoms with Crippen LogP contribution in [0.1, 0.15) is 19.4 Å². The highest BCUT2D eigenvalue weighted by molar-refractivity contribution is 5.25. The highest BCUT2D eigenvalue weighted by Gasteiger charge is 2.08. The lowest BCUT2D eigenvalue weighted by molar-refractivity contribution is 0.0137. The summed E-state index contributed by atoms with van der Waals surface area (Å²) in [7, 11) is 1.62. The number of pyridine rings is 1.